The van der Waals surface area contributed by atoms with Crippen LogP contribution in [-0.4, -0.2) is 43.7 Å². The molecule has 110 valence electrons. The number of ether oxygens (including phenoxy) is 1. The molecule has 5 nitrogen and oxygen atoms in total. The van der Waals surface area contributed by atoms with Crippen LogP contribution in [0.2, 0.25) is 5.02 Å². The van der Waals surface area contributed by atoms with Crippen LogP contribution in [0, 0.1) is 0 Å². The van der Waals surface area contributed by atoms with Gasteiger partial charge in [0.15, 0.2) is 0 Å². The second-order valence-corrected chi connectivity index (χ2v) is 5.19. The Morgan fingerprint density at radius 2 is 2.25 bits per heavy atom. The first-order valence-electron chi connectivity index (χ1n) is 7.00. The maximum atomic E-state index is 12.2. The summed E-state index contributed by atoms with van der Waals surface area (Å²) < 4.78 is 5.28. The van der Waals surface area contributed by atoms with Gasteiger partial charge in [-0.05, 0) is 12.5 Å². The van der Waals surface area contributed by atoms with Gasteiger partial charge in [-0.2, -0.15) is 0 Å². The molecule has 1 aliphatic rings. The van der Waals surface area contributed by atoms with E-state index in [2.05, 4.69) is 22.1 Å². The molecule has 2 rings (SSSR count). The number of carbonyl (C=O) groups excluding carboxylic acids is 1. The molecule has 1 aromatic rings. The predicted octanol–water partition coefficient (Wildman–Crippen LogP) is 2.10. The highest BCUT2D eigenvalue weighted by molar-refractivity contribution is 6.30. The Morgan fingerprint density at radius 3 is 2.95 bits per heavy atom. The Morgan fingerprint density at radius 1 is 1.50 bits per heavy atom. The summed E-state index contributed by atoms with van der Waals surface area (Å²) in [6.45, 7) is 5.90. The van der Waals surface area contributed by atoms with Gasteiger partial charge in [0.25, 0.3) is 0 Å². The zero-order valence-electron chi connectivity index (χ0n) is 11.7. The monoisotopic (exact) mass is 297 g/mol. The molecular formula is C14H20ClN3O2. The topological polar surface area (TPSA) is 54.5 Å². The van der Waals surface area contributed by atoms with E-state index in [1.54, 1.807) is 12.3 Å². The largest absolute Gasteiger partial charge is 0.462 e. The molecule has 0 amide bonds. The molecule has 0 aliphatic carbocycles. The SMILES string of the molecule is CCCCOC(=O)c1cc(Cl)cnc1N1CCNCC1. The van der Waals surface area contributed by atoms with Gasteiger partial charge >= 0.3 is 5.97 Å². The zero-order chi connectivity index (χ0) is 14.4. The summed E-state index contributed by atoms with van der Waals surface area (Å²) in [6, 6.07) is 1.64. The Balaban J connectivity index is 2.16. The van der Waals surface area contributed by atoms with Crippen molar-refractivity contribution in [3.63, 3.8) is 0 Å². The summed E-state index contributed by atoms with van der Waals surface area (Å²) in [4.78, 5) is 18.6. The van der Waals surface area contributed by atoms with Crippen LogP contribution < -0.4 is 10.2 Å². The number of nitrogens with zero attached hydrogens (tertiary/aromatic N) is 2. The van der Waals surface area contributed by atoms with Gasteiger partial charge in [0, 0.05) is 32.4 Å². The lowest BCUT2D eigenvalue weighted by Gasteiger charge is -2.29. The molecule has 0 spiro atoms. The van der Waals surface area contributed by atoms with Crippen molar-refractivity contribution in [2.24, 2.45) is 0 Å². The zero-order valence-corrected chi connectivity index (χ0v) is 12.4. The Kier molecular flexibility index (Phi) is 5.61. The predicted molar refractivity (Wildman–Crippen MR) is 79.5 cm³/mol. The lowest BCUT2D eigenvalue weighted by atomic mass is 10.2. The van der Waals surface area contributed by atoms with Crippen LogP contribution in [0.1, 0.15) is 30.1 Å². The van der Waals surface area contributed by atoms with Crippen LogP contribution in [0.25, 0.3) is 0 Å². The molecule has 0 bridgehead atoms. The standard InChI is InChI=1S/C14H20ClN3O2/c1-2-3-8-20-14(19)12-9-11(15)10-17-13(12)18-6-4-16-5-7-18/h9-10,16H,2-8H2,1H3. The van der Waals surface area contributed by atoms with E-state index in [0.29, 0.717) is 23.0 Å². The van der Waals surface area contributed by atoms with Crippen LogP contribution in [0.3, 0.4) is 0 Å². The average molecular weight is 298 g/mol. The molecule has 20 heavy (non-hydrogen) atoms. The Bertz CT molecular complexity index is 462. The fraction of sp³-hybridized carbons (Fsp3) is 0.571. The van der Waals surface area contributed by atoms with Crippen molar-refractivity contribution in [3.8, 4) is 0 Å². The molecule has 6 heteroatoms. The van der Waals surface area contributed by atoms with Gasteiger partial charge in [-0.25, -0.2) is 9.78 Å². The molecular weight excluding hydrogens is 278 g/mol. The van der Waals surface area contributed by atoms with Crippen LogP contribution in [0.5, 0.6) is 0 Å². The Labute approximate surface area is 124 Å². The van der Waals surface area contributed by atoms with Crippen molar-refractivity contribution in [2.45, 2.75) is 19.8 Å². The maximum absolute atomic E-state index is 12.2. The third-order valence-corrected chi connectivity index (χ3v) is 3.41. The number of unbranched alkanes of at least 4 members (excludes halogenated alkanes) is 1. The van der Waals surface area contributed by atoms with E-state index in [9.17, 15) is 4.79 Å². The molecule has 0 atom stereocenters. The van der Waals surface area contributed by atoms with E-state index in [1.807, 2.05) is 0 Å². The molecule has 0 unspecified atom stereocenters. The minimum atomic E-state index is -0.345. The van der Waals surface area contributed by atoms with E-state index in [0.717, 1.165) is 39.0 Å². The maximum Gasteiger partial charge on any atom is 0.341 e. The first kappa shape index (κ1) is 15.1. The minimum Gasteiger partial charge on any atom is -0.462 e. The van der Waals surface area contributed by atoms with Gasteiger partial charge in [0.1, 0.15) is 11.4 Å². The van der Waals surface area contributed by atoms with E-state index in [1.165, 1.54) is 0 Å². The fourth-order valence-corrected chi connectivity index (χ4v) is 2.26. The fourth-order valence-electron chi connectivity index (χ4n) is 2.10. The highest BCUT2D eigenvalue weighted by Gasteiger charge is 2.21. The molecule has 0 radical (unpaired) electrons. The molecule has 1 aliphatic heterocycles. The van der Waals surface area contributed by atoms with Gasteiger partial charge < -0.3 is 15.0 Å². The summed E-state index contributed by atoms with van der Waals surface area (Å²) in [5.41, 5.74) is 0.454. The van der Waals surface area contributed by atoms with Crippen molar-refractivity contribution in [2.75, 3.05) is 37.7 Å². The number of hydrogen-bond acceptors (Lipinski definition) is 5. The number of carbonyl (C=O) groups is 1. The molecule has 1 N–H and O–H groups in total. The third-order valence-electron chi connectivity index (χ3n) is 3.20. The number of pyridine rings is 1. The number of rotatable bonds is 5. The van der Waals surface area contributed by atoms with E-state index in [4.69, 9.17) is 16.3 Å². The molecule has 0 saturated carbocycles. The lowest BCUT2D eigenvalue weighted by molar-refractivity contribution is 0.0500. The van der Waals surface area contributed by atoms with E-state index >= 15 is 0 Å². The van der Waals surface area contributed by atoms with E-state index in [-0.39, 0.29) is 5.97 Å². The summed E-state index contributed by atoms with van der Waals surface area (Å²) in [5.74, 6) is 0.319. The molecule has 1 fully saturated rings. The Hall–Kier alpha value is -1.33. The number of piperazine rings is 1. The van der Waals surface area contributed by atoms with Gasteiger partial charge in [-0.15, -0.1) is 0 Å². The van der Waals surface area contributed by atoms with Gasteiger partial charge in [-0.3, -0.25) is 0 Å². The number of hydrogen-bond donors (Lipinski definition) is 1. The smallest absolute Gasteiger partial charge is 0.341 e. The highest BCUT2D eigenvalue weighted by atomic mass is 35.5. The summed E-state index contributed by atoms with van der Waals surface area (Å²) >= 11 is 5.96. The van der Waals surface area contributed by atoms with Crippen LogP contribution in [0.4, 0.5) is 5.82 Å². The first-order valence-corrected chi connectivity index (χ1v) is 7.38. The van der Waals surface area contributed by atoms with Crippen molar-refractivity contribution < 1.29 is 9.53 Å². The number of esters is 1. The number of anilines is 1. The second-order valence-electron chi connectivity index (χ2n) is 4.75. The van der Waals surface area contributed by atoms with E-state index < -0.39 is 0 Å². The summed E-state index contributed by atoms with van der Waals surface area (Å²) in [7, 11) is 0. The molecule has 1 saturated heterocycles. The van der Waals surface area contributed by atoms with Gasteiger partial charge in [-0.1, -0.05) is 24.9 Å². The summed E-state index contributed by atoms with van der Waals surface area (Å²) in [5, 5.41) is 3.73. The van der Waals surface area contributed by atoms with Crippen LogP contribution in [0.15, 0.2) is 12.3 Å². The third kappa shape index (κ3) is 3.84. The van der Waals surface area contributed by atoms with Crippen molar-refractivity contribution >= 4 is 23.4 Å². The van der Waals surface area contributed by atoms with Crippen molar-refractivity contribution in [3.05, 3.63) is 22.8 Å². The normalized spacial score (nSPS) is 15.2. The average Bonchev–Trinajstić information content (AvgIpc) is 2.48. The number of halogens is 1. The molecule has 1 aromatic heterocycles. The van der Waals surface area contributed by atoms with Crippen molar-refractivity contribution in [1.82, 2.24) is 10.3 Å². The second kappa shape index (κ2) is 7.45. The van der Waals surface area contributed by atoms with Crippen LogP contribution >= 0.6 is 11.6 Å². The summed E-state index contributed by atoms with van der Waals surface area (Å²) in [6.07, 6.45) is 3.43. The highest BCUT2D eigenvalue weighted by Crippen LogP contribution is 2.22. The lowest BCUT2D eigenvalue weighted by Crippen LogP contribution is -2.44. The van der Waals surface area contributed by atoms with Crippen LogP contribution in [-0.2, 0) is 4.74 Å². The molecule has 2 heterocycles. The van der Waals surface area contributed by atoms with Crippen molar-refractivity contribution in [1.29, 1.82) is 0 Å². The molecule has 0 aromatic carbocycles. The minimum absolute atomic E-state index is 0.345. The number of nitrogens with one attached hydrogen (secondary N) is 1. The van der Waals surface area contributed by atoms with Gasteiger partial charge in [0.2, 0.25) is 0 Å². The quantitative estimate of drug-likeness (QED) is 0.666. The first-order chi connectivity index (χ1) is 9.72. The van der Waals surface area contributed by atoms with Gasteiger partial charge in [0.05, 0.1) is 11.6 Å². The number of aromatic nitrogens is 1.